The zero-order valence-electron chi connectivity index (χ0n) is 10.5. The number of hydrogen-bond donors (Lipinski definition) is 2. The summed E-state index contributed by atoms with van der Waals surface area (Å²) in [7, 11) is 0. The van der Waals surface area contributed by atoms with E-state index in [0.29, 0.717) is 6.04 Å². The minimum atomic E-state index is 0.539. The van der Waals surface area contributed by atoms with Gasteiger partial charge in [0.05, 0.1) is 0 Å². The molecule has 2 heterocycles. The van der Waals surface area contributed by atoms with Gasteiger partial charge >= 0.3 is 0 Å². The van der Waals surface area contributed by atoms with Crippen molar-refractivity contribution >= 4 is 11.5 Å². The first kappa shape index (κ1) is 12.2. The van der Waals surface area contributed by atoms with Gasteiger partial charge in [-0.1, -0.05) is 6.92 Å². The third kappa shape index (κ3) is 3.60. The third-order valence-corrected chi connectivity index (χ3v) is 3.26. The van der Waals surface area contributed by atoms with Gasteiger partial charge in [0, 0.05) is 37.1 Å². The van der Waals surface area contributed by atoms with Crippen LogP contribution in [0.5, 0.6) is 0 Å². The second-order valence-corrected chi connectivity index (χ2v) is 4.73. The molecule has 2 rings (SSSR count). The van der Waals surface area contributed by atoms with Gasteiger partial charge in [-0.25, -0.2) is 4.98 Å². The highest BCUT2D eigenvalue weighted by Gasteiger charge is 2.18. The van der Waals surface area contributed by atoms with Crippen LogP contribution in [0.3, 0.4) is 0 Å². The summed E-state index contributed by atoms with van der Waals surface area (Å²) in [5.41, 5.74) is 6.51. The van der Waals surface area contributed by atoms with Gasteiger partial charge in [0.25, 0.3) is 0 Å². The molecule has 0 unspecified atom stereocenters. The van der Waals surface area contributed by atoms with Gasteiger partial charge in [-0.3, -0.25) is 0 Å². The molecule has 4 nitrogen and oxygen atoms in total. The van der Waals surface area contributed by atoms with Crippen LogP contribution >= 0.6 is 0 Å². The van der Waals surface area contributed by atoms with E-state index >= 15 is 0 Å². The van der Waals surface area contributed by atoms with E-state index in [0.717, 1.165) is 11.5 Å². The molecule has 0 amide bonds. The first-order valence-corrected chi connectivity index (χ1v) is 6.48. The Labute approximate surface area is 103 Å². The summed E-state index contributed by atoms with van der Waals surface area (Å²) in [5.74, 6) is 0.902. The number of aromatic nitrogens is 1. The number of nitrogens with one attached hydrogen (secondary N) is 1. The number of pyridine rings is 1. The molecular formula is C13H22N4. The largest absolute Gasteiger partial charge is 0.399 e. The summed E-state index contributed by atoms with van der Waals surface area (Å²) in [6.07, 6.45) is 5.38. The van der Waals surface area contributed by atoms with Crippen LogP contribution < -0.4 is 11.1 Å². The van der Waals surface area contributed by atoms with Crippen molar-refractivity contribution in [3.8, 4) is 0 Å². The SMILES string of the molecule is CCCN1CCC(Nc2cc(N)ccn2)CC1. The number of nitrogens with zero attached hydrogens (tertiary/aromatic N) is 2. The lowest BCUT2D eigenvalue weighted by Crippen LogP contribution is -2.39. The summed E-state index contributed by atoms with van der Waals surface area (Å²) >= 11 is 0. The van der Waals surface area contributed by atoms with Gasteiger partial charge in [0.2, 0.25) is 0 Å². The molecule has 1 saturated heterocycles. The Balaban J connectivity index is 1.82. The van der Waals surface area contributed by atoms with E-state index in [-0.39, 0.29) is 0 Å². The van der Waals surface area contributed by atoms with E-state index in [1.807, 2.05) is 12.1 Å². The summed E-state index contributed by atoms with van der Waals surface area (Å²) in [6, 6.07) is 4.25. The average molecular weight is 234 g/mol. The molecule has 1 aliphatic rings. The predicted octanol–water partition coefficient (Wildman–Crippen LogP) is 1.95. The third-order valence-electron chi connectivity index (χ3n) is 3.26. The second-order valence-electron chi connectivity index (χ2n) is 4.73. The Bertz CT molecular complexity index is 345. The van der Waals surface area contributed by atoms with Crippen LogP contribution in [-0.4, -0.2) is 35.6 Å². The number of anilines is 2. The smallest absolute Gasteiger partial charge is 0.128 e. The first-order chi connectivity index (χ1) is 8.28. The van der Waals surface area contributed by atoms with Crippen molar-refractivity contribution < 1.29 is 0 Å². The number of rotatable bonds is 4. The fourth-order valence-corrected chi connectivity index (χ4v) is 2.35. The molecular weight excluding hydrogens is 212 g/mol. The molecule has 1 aromatic heterocycles. The molecule has 1 aliphatic heterocycles. The Morgan fingerprint density at radius 2 is 2.24 bits per heavy atom. The van der Waals surface area contributed by atoms with E-state index in [9.17, 15) is 0 Å². The number of piperidine rings is 1. The van der Waals surface area contributed by atoms with Crippen molar-refractivity contribution in [2.75, 3.05) is 30.7 Å². The summed E-state index contributed by atoms with van der Waals surface area (Å²) in [5, 5.41) is 3.47. The molecule has 4 heteroatoms. The summed E-state index contributed by atoms with van der Waals surface area (Å²) in [4.78, 5) is 6.82. The molecule has 1 fully saturated rings. The van der Waals surface area contributed by atoms with E-state index < -0.39 is 0 Å². The average Bonchev–Trinajstić information content (AvgIpc) is 2.32. The number of hydrogen-bond acceptors (Lipinski definition) is 4. The zero-order chi connectivity index (χ0) is 12.1. The van der Waals surface area contributed by atoms with Gasteiger partial charge in [-0.05, 0) is 31.9 Å². The van der Waals surface area contributed by atoms with Crippen molar-refractivity contribution in [2.45, 2.75) is 32.2 Å². The number of likely N-dealkylation sites (tertiary alicyclic amines) is 1. The van der Waals surface area contributed by atoms with Gasteiger partial charge < -0.3 is 16.0 Å². The molecule has 0 bridgehead atoms. The van der Waals surface area contributed by atoms with Gasteiger partial charge in [-0.15, -0.1) is 0 Å². The maximum Gasteiger partial charge on any atom is 0.128 e. The van der Waals surface area contributed by atoms with E-state index in [4.69, 9.17) is 5.73 Å². The fraction of sp³-hybridized carbons (Fsp3) is 0.615. The first-order valence-electron chi connectivity index (χ1n) is 6.48. The minimum Gasteiger partial charge on any atom is -0.399 e. The molecule has 3 N–H and O–H groups in total. The van der Waals surface area contributed by atoms with E-state index in [2.05, 4.69) is 22.1 Å². The molecule has 0 aromatic carbocycles. The highest BCUT2D eigenvalue weighted by molar-refractivity contribution is 5.48. The summed E-state index contributed by atoms with van der Waals surface area (Å²) in [6.45, 7) is 5.84. The Morgan fingerprint density at radius 3 is 2.88 bits per heavy atom. The molecule has 0 radical (unpaired) electrons. The van der Waals surface area contributed by atoms with Crippen LogP contribution in [0.15, 0.2) is 18.3 Å². The van der Waals surface area contributed by atoms with Gasteiger partial charge in [0.1, 0.15) is 5.82 Å². The van der Waals surface area contributed by atoms with E-state index in [1.54, 1.807) is 6.20 Å². The molecule has 17 heavy (non-hydrogen) atoms. The van der Waals surface area contributed by atoms with Crippen molar-refractivity contribution in [3.05, 3.63) is 18.3 Å². The molecule has 94 valence electrons. The Kier molecular flexibility index (Phi) is 4.20. The maximum atomic E-state index is 5.74. The molecule has 0 spiro atoms. The monoisotopic (exact) mass is 234 g/mol. The number of nitrogens with two attached hydrogens (primary N) is 1. The lowest BCUT2D eigenvalue weighted by atomic mass is 10.0. The van der Waals surface area contributed by atoms with Gasteiger partial charge in [-0.2, -0.15) is 0 Å². The Hall–Kier alpha value is -1.29. The van der Waals surface area contributed by atoms with Crippen LogP contribution in [0.1, 0.15) is 26.2 Å². The van der Waals surface area contributed by atoms with E-state index in [1.165, 1.54) is 38.9 Å². The highest BCUT2D eigenvalue weighted by atomic mass is 15.1. The van der Waals surface area contributed by atoms with Crippen molar-refractivity contribution in [3.63, 3.8) is 0 Å². The standard InChI is InChI=1S/C13H22N4/c1-2-7-17-8-4-12(5-9-17)16-13-10-11(14)3-6-15-13/h3,6,10,12H,2,4-5,7-9H2,1H3,(H3,14,15,16). The number of nitrogen functional groups attached to an aromatic ring is 1. The van der Waals surface area contributed by atoms with Gasteiger partial charge in [0.15, 0.2) is 0 Å². The van der Waals surface area contributed by atoms with Crippen molar-refractivity contribution in [1.82, 2.24) is 9.88 Å². The van der Waals surface area contributed by atoms with Crippen LogP contribution in [0.4, 0.5) is 11.5 Å². The topological polar surface area (TPSA) is 54.2 Å². The lowest BCUT2D eigenvalue weighted by molar-refractivity contribution is 0.219. The predicted molar refractivity (Wildman–Crippen MR) is 72.0 cm³/mol. The quantitative estimate of drug-likeness (QED) is 0.836. The molecule has 0 aliphatic carbocycles. The van der Waals surface area contributed by atoms with Crippen molar-refractivity contribution in [2.24, 2.45) is 0 Å². The minimum absolute atomic E-state index is 0.539. The second kappa shape index (κ2) is 5.87. The maximum absolute atomic E-state index is 5.74. The Morgan fingerprint density at radius 1 is 1.47 bits per heavy atom. The van der Waals surface area contributed by atoms with Crippen LogP contribution in [0.25, 0.3) is 0 Å². The molecule has 0 atom stereocenters. The highest BCUT2D eigenvalue weighted by Crippen LogP contribution is 2.16. The van der Waals surface area contributed by atoms with Crippen LogP contribution in [0.2, 0.25) is 0 Å². The zero-order valence-corrected chi connectivity index (χ0v) is 10.5. The lowest BCUT2D eigenvalue weighted by Gasteiger charge is -2.32. The van der Waals surface area contributed by atoms with Crippen molar-refractivity contribution in [1.29, 1.82) is 0 Å². The molecule has 0 saturated carbocycles. The summed E-state index contributed by atoms with van der Waals surface area (Å²) < 4.78 is 0. The fourth-order valence-electron chi connectivity index (χ4n) is 2.35. The normalized spacial score (nSPS) is 18.2. The molecule has 1 aromatic rings. The van der Waals surface area contributed by atoms with Crippen LogP contribution in [0, 0.1) is 0 Å². The van der Waals surface area contributed by atoms with Crippen LogP contribution in [-0.2, 0) is 0 Å².